The SMILES string of the molecule is CN(C)c1ccc(Nc2cnnc(N3CCC(Cc4ccccc4)CC3)n2)cc1. The van der Waals surface area contributed by atoms with Gasteiger partial charge in [0.2, 0.25) is 5.95 Å². The van der Waals surface area contributed by atoms with E-state index in [4.69, 9.17) is 0 Å². The van der Waals surface area contributed by atoms with E-state index >= 15 is 0 Å². The van der Waals surface area contributed by atoms with E-state index in [1.54, 1.807) is 6.20 Å². The molecule has 3 aromatic rings. The highest BCUT2D eigenvalue weighted by Crippen LogP contribution is 2.25. The van der Waals surface area contributed by atoms with Gasteiger partial charge in [0.05, 0.1) is 6.20 Å². The number of benzene rings is 2. The van der Waals surface area contributed by atoms with E-state index in [2.05, 4.69) is 72.8 Å². The Labute approximate surface area is 172 Å². The number of aromatic nitrogens is 3. The summed E-state index contributed by atoms with van der Waals surface area (Å²) < 4.78 is 0. The van der Waals surface area contributed by atoms with Crippen molar-refractivity contribution in [2.75, 3.05) is 42.3 Å². The Hall–Kier alpha value is -3.15. The molecule has 6 heteroatoms. The van der Waals surface area contributed by atoms with E-state index in [1.807, 2.05) is 26.2 Å². The molecule has 6 nitrogen and oxygen atoms in total. The molecule has 1 N–H and O–H groups in total. The zero-order valence-electron chi connectivity index (χ0n) is 17.1. The molecule has 29 heavy (non-hydrogen) atoms. The molecule has 1 aliphatic heterocycles. The molecule has 2 aromatic carbocycles. The van der Waals surface area contributed by atoms with E-state index < -0.39 is 0 Å². The van der Waals surface area contributed by atoms with Gasteiger partial charge >= 0.3 is 0 Å². The van der Waals surface area contributed by atoms with E-state index in [1.165, 1.54) is 5.56 Å². The summed E-state index contributed by atoms with van der Waals surface area (Å²) in [6, 6.07) is 19.0. The third kappa shape index (κ3) is 5.02. The minimum absolute atomic E-state index is 0.707. The normalized spacial score (nSPS) is 14.6. The summed E-state index contributed by atoms with van der Waals surface area (Å²) in [4.78, 5) is 9.01. The van der Waals surface area contributed by atoms with Crippen LogP contribution in [0.25, 0.3) is 0 Å². The molecule has 0 aliphatic carbocycles. The molecule has 0 unspecified atom stereocenters. The van der Waals surface area contributed by atoms with Crippen LogP contribution in [0.4, 0.5) is 23.1 Å². The van der Waals surface area contributed by atoms with Crippen LogP contribution in [0, 0.1) is 5.92 Å². The molecule has 2 heterocycles. The van der Waals surface area contributed by atoms with Gasteiger partial charge in [-0.25, -0.2) is 0 Å². The number of hydrogen-bond donors (Lipinski definition) is 1. The second-order valence-electron chi connectivity index (χ2n) is 7.83. The fourth-order valence-electron chi connectivity index (χ4n) is 3.76. The molecular weight excluding hydrogens is 360 g/mol. The first-order valence-corrected chi connectivity index (χ1v) is 10.2. The van der Waals surface area contributed by atoms with Crippen LogP contribution >= 0.6 is 0 Å². The summed E-state index contributed by atoms with van der Waals surface area (Å²) in [5.41, 5.74) is 3.58. The standard InChI is InChI=1S/C23H28N6/c1-28(2)21-10-8-20(9-11-21)25-22-17-24-27-23(26-22)29-14-12-19(13-15-29)16-18-6-4-3-5-7-18/h3-11,17,19H,12-16H2,1-2H3,(H,25,26,27). The van der Waals surface area contributed by atoms with Gasteiger partial charge in [-0.3, -0.25) is 0 Å². The molecular formula is C23H28N6. The maximum absolute atomic E-state index is 4.69. The molecule has 1 saturated heterocycles. The van der Waals surface area contributed by atoms with Crippen LogP contribution in [-0.4, -0.2) is 42.4 Å². The summed E-state index contributed by atoms with van der Waals surface area (Å²) in [6.45, 7) is 1.94. The van der Waals surface area contributed by atoms with Crippen LogP contribution < -0.4 is 15.1 Å². The lowest BCUT2D eigenvalue weighted by Crippen LogP contribution is -2.35. The number of nitrogens with zero attached hydrogens (tertiary/aromatic N) is 5. The summed E-state index contributed by atoms with van der Waals surface area (Å²) in [7, 11) is 4.07. The lowest BCUT2D eigenvalue weighted by atomic mass is 9.90. The van der Waals surface area contributed by atoms with Gasteiger partial charge in [-0.15, -0.1) is 5.10 Å². The average Bonchev–Trinajstić information content (AvgIpc) is 2.76. The molecule has 0 atom stereocenters. The average molecular weight is 389 g/mol. The Kier molecular flexibility index (Phi) is 5.89. The Morgan fingerprint density at radius 1 is 1.00 bits per heavy atom. The van der Waals surface area contributed by atoms with Crippen molar-refractivity contribution in [2.24, 2.45) is 5.92 Å². The summed E-state index contributed by atoms with van der Waals surface area (Å²) in [6.07, 6.45) is 5.13. The number of hydrogen-bond acceptors (Lipinski definition) is 6. The minimum atomic E-state index is 0.707. The van der Waals surface area contributed by atoms with Crippen LogP contribution in [0.15, 0.2) is 60.8 Å². The molecule has 0 saturated carbocycles. The lowest BCUT2D eigenvalue weighted by molar-refractivity contribution is 0.400. The highest BCUT2D eigenvalue weighted by Gasteiger charge is 2.21. The highest BCUT2D eigenvalue weighted by molar-refractivity contribution is 5.60. The predicted octanol–water partition coefficient (Wildman–Crippen LogP) is 4.14. The van der Waals surface area contributed by atoms with Gasteiger partial charge in [0.15, 0.2) is 5.82 Å². The molecule has 0 bridgehead atoms. The Bertz CT molecular complexity index is 902. The van der Waals surface area contributed by atoms with Crippen molar-refractivity contribution in [1.29, 1.82) is 0 Å². The van der Waals surface area contributed by atoms with Gasteiger partial charge in [0, 0.05) is 38.6 Å². The van der Waals surface area contributed by atoms with Crippen molar-refractivity contribution in [3.63, 3.8) is 0 Å². The largest absolute Gasteiger partial charge is 0.378 e. The van der Waals surface area contributed by atoms with Crippen LogP contribution in [0.2, 0.25) is 0 Å². The Morgan fingerprint density at radius 2 is 1.72 bits per heavy atom. The van der Waals surface area contributed by atoms with Gasteiger partial charge < -0.3 is 15.1 Å². The zero-order chi connectivity index (χ0) is 20.1. The number of nitrogens with one attached hydrogen (secondary N) is 1. The predicted molar refractivity (Wildman–Crippen MR) is 119 cm³/mol. The highest BCUT2D eigenvalue weighted by atomic mass is 15.3. The molecule has 150 valence electrons. The van der Waals surface area contributed by atoms with Crippen molar-refractivity contribution in [3.05, 3.63) is 66.4 Å². The zero-order valence-corrected chi connectivity index (χ0v) is 17.1. The van der Waals surface area contributed by atoms with E-state index in [0.29, 0.717) is 5.95 Å². The van der Waals surface area contributed by atoms with Crippen molar-refractivity contribution < 1.29 is 0 Å². The van der Waals surface area contributed by atoms with E-state index in [0.717, 1.165) is 55.5 Å². The fraction of sp³-hybridized carbons (Fsp3) is 0.348. The van der Waals surface area contributed by atoms with Gasteiger partial charge in [0.25, 0.3) is 0 Å². The summed E-state index contributed by atoms with van der Waals surface area (Å²) >= 11 is 0. The van der Waals surface area contributed by atoms with Gasteiger partial charge in [-0.1, -0.05) is 30.3 Å². The number of piperidine rings is 1. The third-order valence-corrected chi connectivity index (χ3v) is 5.47. The molecule has 1 aromatic heterocycles. The maximum Gasteiger partial charge on any atom is 0.247 e. The van der Waals surface area contributed by atoms with Gasteiger partial charge in [-0.05, 0) is 55.0 Å². The Balaban J connectivity index is 1.35. The third-order valence-electron chi connectivity index (χ3n) is 5.47. The molecule has 0 radical (unpaired) electrons. The first kappa shape index (κ1) is 19.2. The quantitative estimate of drug-likeness (QED) is 0.685. The van der Waals surface area contributed by atoms with Crippen molar-refractivity contribution in [2.45, 2.75) is 19.3 Å². The molecule has 1 aliphatic rings. The van der Waals surface area contributed by atoms with Crippen LogP contribution in [0.3, 0.4) is 0 Å². The Morgan fingerprint density at radius 3 is 2.41 bits per heavy atom. The smallest absolute Gasteiger partial charge is 0.247 e. The molecule has 0 amide bonds. The lowest BCUT2D eigenvalue weighted by Gasteiger charge is -2.31. The van der Waals surface area contributed by atoms with Gasteiger partial charge in [0.1, 0.15) is 0 Å². The van der Waals surface area contributed by atoms with Gasteiger partial charge in [-0.2, -0.15) is 10.1 Å². The second kappa shape index (κ2) is 8.90. The summed E-state index contributed by atoms with van der Waals surface area (Å²) in [5, 5.41) is 11.8. The van der Waals surface area contributed by atoms with E-state index in [9.17, 15) is 0 Å². The first-order valence-electron chi connectivity index (χ1n) is 10.2. The number of rotatable bonds is 6. The van der Waals surface area contributed by atoms with Crippen molar-refractivity contribution >= 4 is 23.1 Å². The van der Waals surface area contributed by atoms with E-state index in [-0.39, 0.29) is 0 Å². The topological polar surface area (TPSA) is 57.2 Å². The first-order chi connectivity index (χ1) is 14.2. The second-order valence-corrected chi connectivity index (χ2v) is 7.83. The van der Waals surface area contributed by atoms with Crippen molar-refractivity contribution in [1.82, 2.24) is 15.2 Å². The summed E-state index contributed by atoms with van der Waals surface area (Å²) in [5.74, 6) is 2.15. The maximum atomic E-state index is 4.69. The monoisotopic (exact) mass is 388 g/mol. The minimum Gasteiger partial charge on any atom is -0.378 e. The van der Waals surface area contributed by atoms with Crippen LogP contribution in [-0.2, 0) is 6.42 Å². The molecule has 4 rings (SSSR count). The van der Waals surface area contributed by atoms with Crippen molar-refractivity contribution in [3.8, 4) is 0 Å². The fourth-order valence-corrected chi connectivity index (χ4v) is 3.76. The molecule has 1 fully saturated rings. The number of anilines is 4. The van der Waals surface area contributed by atoms with Crippen LogP contribution in [0.5, 0.6) is 0 Å². The van der Waals surface area contributed by atoms with Crippen LogP contribution in [0.1, 0.15) is 18.4 Å². The molecule has 0 spiro atoms.